The van der Waals surface area contributed by atoms with Crippen LogP contribution < -0.4 is 5.32 Å². The van der Waals surface area contributed by atoms with Gasteiger partial charge in [0.15, 0.2) is 5.79 Å². The predicted molar refractivity (Wildman–Crippen MR) is 105 cm³/mol. The smallest absolute Gasteiger partial charge is 0.382 e. The van der Waals surface area contributed by atoms with E-state index in [1.807, 2.05) is 32.0 Å². The van der Waals surface area contributed by atoms with Crippen molar-refractivity contribution < 1.29 is 22.6 Å². The molecular weight excluding hydrogens is 369 g/mol. The lowest BCUT2D eigenvalue weighted by atomic mass is 9.90. The summed E-state index contributed by atoms with van der Waals surface area (Å²) >= 11 is 0. The Kier molecular flexibility index (Phi) is 6.25. The summed E-state index contributed by atoms with van der Waals surface area (Å²) in [6, 6.07) is 7.59. The SMILES string of the molecule is CC.Cc1cc2c(NC3CCC4(CC3)OCCO4)cccc2n1CC(F)(F)F. The van der Waals surface area contributed by atoms with Crippen LogP contribution in [0.2, 0.25) is 0 Å². The van der Waals surface area contributed by atoms with Gasteiger partial charge < -0.3 is 19.4 Å². The number of halogens is 3. The molecule has 2 fully saturated rings. The highest BCUT2D eigenvalue weighted by molar-refractivity contribution is 5.93. The van der Waals surface area contributed by atoms with Crippen molar-refractivity contribution in [2.45, 2.75) is 71.0 Å². The predicted octanol–water partition coefficient (Wildman–Crippen LogP) is 5.64. The first-order valence-corrected chi connectivity index (χ1v) is 10.1. The number of aromatic nitrogens is 1. The van der Waals surface area contributed by atoms with Gasteiger partial charge in [0, 0.05) is 35.7 Å². The molecule has 1 aliphatic carbocycles. The number of nitrogens with zero attached hydrogens (tertiary/aromatic N) is 1. The van der Waals surface area contributed by atoms with E-state index in [-0.39, 0.29) is 6.04 Å². The van der Waals surface area contributed by atoms with E-state index in [0.29, 0.717) is 24.4 Å². The number of hydrogen-bond donors (Lipinski definition) is 1. The van der Waals surface area contributed by atoms with E-state index in [1.54, 1.807) is 13.0 Å². The topological polar surface area (TPSA) is 35.4 Å². The molecule has 1 spiro atoms. The highest BCUT2D eigenvalue weighted by atomic mass is 19.4. The maximum atomic E-state index is 12.9. The average Bonchev–Trinajstić information content (AvgIpc) is 3.24. The van der Waals surface area contributed by atoms with Crippen LogP contribution in [0.15, 0.2) is 24.3 Å². The Morgan fingerprint density at radius 2 is 1.79 bits per heavy atom. The molecule has 2 aromatic rings. The summed E-state index contributed by atoms with van der Waals surface area (Å²) in [5.74, 6) is -0.406. The van der Waals surface area contributed by atoms with Gasteiger partial charge in [0.05, 0.1) is 18.7 Å². The second kappa shape index (κ2) is 8.33. The van der Waals surface area contributed by atoms with Crippen LogP contribution in [0.1, 0.15) is 45.2 Å². The number of ether oxygens (including phenoxy) is 2. The number of alkyl halides is 3. The van der Waals surface area contributed by atoms with Crippen LogP contribution in [0.5, 0.6) is 0 Å². The van der Waals surface area contributed by atoms with Crippen molar-refractivity contribution >= 4 is 16.6 Å². The molecule has 0 atom stereocenters. The molecule has 156 valence electrons. The van der Waals surface area contributed by atoms with Crippen LogP contribution in [-0.4, -0.2) is 35.8 Å². The fourth-order valence-electron chi connectivity index (χ4n) is 4.14. The first kappa shape index (κ1) is 21.0. The van der Waals surface area contributed by atoms with E-state index in [4.69, 9.17) is 9.47 Å². The molecule has 0 amide bonds. The molecule has 1 saturated carbocycles. The first-order chi connectivity index (χ1) is 13.4. The lowest BCUT2D eigenvalue weighted by molar-refractivity contribution is -0.177. The standard InChI is InChI=1S/C19H23F3N2O2.C2H6/c1-13-11-15-16(3-2-4-17(15)24(13)12-19(20,21)22)23-14-5-7-18(8-6-14)25-9-10-26-18;1-2/h2-4,11,14,23H,5-10,12H2,1H3;1-2H3. The van der Waals surface area contributed by atoms with Crippen LogP contribution in [0.4, 0.5) is 18.9 Å². The fourth-order valence-corrected chi connectivity index (χ4v) is 4.14. The van der Waals surface area contributed by atoms with Gasteiger partial charge in [-0.05, 0) is 38.0 Å². The number of aryl methyl sites for hydroxylation is 1. The number of anilines is 1. The third-order valence-electron chi connectivity index (χ3n) is 5.41. The highest BCUT2D eigenvalue weighted by Gasteiger charge is 2.40. The van der Waals surface area contributed by atoms with Gasteiger partial charge in [-0.3, -0.25) is 0 Å². The maximum absolute atomic E-state index is 12.9. The van der Waals surface area contributed by atoms with E-state index in [0.717, 1.165) is 36.8 Å². The van der Waals surface area contributed by atoms with Gasteiger partial charge in [0.2, 0.25) is 0 Å². The third-order valence-corrected chi connectivity index (χ3v) is 5.41. The van der Waals surface area contributed by atoms with Gasteiger partial charge in [0.1, 0.15) is 6.54 Å². The summed E-state index contributed by atoms with van der Waals surface area (Å²) in [7, 11) is 0. The maximum Gasteiger partial charge on any atom is 0.406 e. The van der Waals surface area contributed by atoms with Crippen LogP contribution in [0.3, 0.4) is 0 Å². The van der Waals surface area contributed by atoms with Crippen molar-refractivity contribution in [3.05, 3.63) is 30.0 Å². The minimum Gasteiger partial charge on any atom is -0.382 e. The minimum absolute atomic E-state index is 0.269. The van der Waals surface area contributed by atoms with Gasteiger partial charge in [-0.2, -0.15) is 13.2 Å². The molecule has 1 aromatic heterocycles. The zero-order chi connectivity index (χ0) is 20.4. The van der Waals surface area contributed by atoms with Gasteiger partial charge >= 0.3 is 6.18 Å². The first-order valence-electron chi connectivity index (χ1n) is 10.1. The van der Waals surface area contributed by atoms with Crippen molar-refractivity contribution in [2.24, 2.45) is 0 Å². The summed E-state index contributed by atoms with van der Waals surface area (Å²) in [6.45, 7) is 6.06. The molecule has 4 rings (SSSR count). The molecule has 1 saturated heterocycles. The highest BCUT2D eigenvalue weighted by Crippen LogP contribution is 2.38. The Bertz CT molecular complexity index is 785. The van der Waals surface area contributed by atoms with E-state index in [1.165, 1.54) is 4.57 Å². The van der Waals surface area contributed by atoms with Crippen LogP contribution in [-0.2, 0) is 16.0 Å². The number of nitrogens with one attached hydrogen (secondary N) is 1. The number of hydrogen-bond acceptors (Lipinski definition) is 3. The zero-order valence-corrected chi connectivity index (χ0v) is 16.7. The van der Waals surface area contributed by atoms with Crippen LogP contribution in [0.25, 0.3) is 10.9 Å². The Morgan fingerprint density at radius 1 is 1.14 bits per heavy atom. The molecule has 0 bridgehead atoms. The second-order valence-electron chi connectivity index (χ2n) is 7.25. The Labute approximate surface area is 164 Å². The van der Waals surface area contributed by atoms with Gasteiger partial charge in [0.25, 0.3) is 0 Å². The summed E-state index contributed by atoms with van der Waals surface area (Å²) in [5, 5.41) is 4.36. The van der Waals surface area contributed by atoms with Crippen LogP contribution in [0, 0.1) is 6.92 Å². The Balaban J connectivity index is 0.00000109. The molecule has 0 radical (unpaired) electrons. The lowest BCUT2D eigenvalue weighted by Crippen LogP contribution is -2.39. The van der Waals surface area contributed by atoms with E-state index in [2.05, 4.69) is 5.32 Å². The van der Waals surface area contributed by atoms with Crippen LogP contribution >= 0.6 is 0 Å². The monoisotopic (exact) mass is 398 g/mol. The lowest BCUT2D eigenvalue weighted by Gasteiger charge is -2.36. The van der Waals surface area contributed by atoms with Crippen molar-refractivity contribution in [1.82, 2.24) is 4.57 Å². The third kappa shape index (κ3) is 4.46. The molecule has 28 heavy (non-hydrogen) atoms. The van der Waals surface area contributed by atoms with E-state index >= 15 is 0 Å². The molecule has 7 heteroatoms. The molecule has 0 unspecified atom stereocenters. The molecule has 4 nitrogen and oxygen atoms in total. The molecule has 1 aliphatic heterocycles. The Hall–Kier alpha value is -1.73. The van der Waals surface area contributed by atoms with Gasteiger partial charge in [-0.1, -0.05) is 19.9 Å². The van der Waals surface area contributed by atoms with Crippen molar-refractivity contribution in [3.8, 4) is 0 Å². The largest absolute Gasteiger partial charge is 0.406 e. The summed E-state index contributed by atoms with van der Waals surface area (Å²) < 4.78 is 51.5. The van der Waals surface area contributed by atoms with E-state index in [9.17, 15) is 13.2 Å². The zero-order valence-electron chi connectivity index (χ0n) is 16.7. The Morgan fingerprint density at radius 3 is 2.39 bits per heavy atom. The van der Waals surface area contributed by atoms with Crippen molar-refractivity contribution in [3.63, 3.8) is 0 Å². The summed E-state index contributed by atoms with van der Waals surface area (Å²) in [4.78, 5) is 0. The minimum atomic E-state index is -4.24. The molecular formula is C21H29F3N2O2. The van der Waals surface area contributed by atoms with E-state index < -0.39 is 18.5 Å². The van der Waals surface area contributed by atoms with Gasteiger partial charge in [-0.15, -0.1) is 0 Å². The van der Waals surface area contributed by atoms with Crippen molar-refractivity contribution in [2.75, 3.05) is 18.5 Å². The second-order valence-corrected chi connectivity index (χ2v) is 7.25. The average molecular weight is 398 g/mol. The number of benzene rings is 1. The quantitative estimate of drug-likeness (QED) is 0.727. The normalized spacial score (nSPS) is 19.6. The van der Waals surface area contributed by atoms with Gasteiger partial charge in [-0.25, -0.2) is 0 Å². The van der Waals surface area contributed by atoms with Crippen molar-refractivity contribution in [1.29, 1.82) is 0 Å². The fraction of sp³-hybridized carbons (Fsp3) is 0.619. The summed E-state index contributed by atoms with van der Waals surface area (Å²) in [6.07, 6.45) is -0.722. The summed E-state index contributed by atoms with van der Waals surface area (Å²) in [5.41, 5.74) is 2.11. The number of fused-ring (bicyclic) bond motifs is 1. The molecule has 2 heterocycles. The molecule has 2 aliphatic rings. The number of rotatable bonds is 3. The molecule has 1 aromatic carbocycles. The molecule has 1 N–H and O–H groups in total.